The first kappa shape index (κ1) is 11.6. The molecular weight excluding hydrogens is 214 g/mol. The van der Waals surface area contributed by atoms with Gasteiger partial charge in [-0.3, -0.25) is 0 Å². The van der Waals surface area contributed by atoms with E-state index < -0.39 is 0 Å². The lowest BCUT2D eigenvalue weighted by molar-refractivity contribution is 0.281. The number of aliphatic hydroxyl groups is 1. The molecule has 17 heavy (non-hydrogen) atoms. The summed E-state index contributed by atoms with van der Waals surface area (Å²) in [5.41, 5.74) is 3.06. The number of nitrogens with zero attached hydrogens (tertiary/aromatic N) is 1. The van der Waals surface area contributed by atoms with Crippen LogP contribution in [0.2, 0.25) is 0 Å². The maximum absolute atomic E-state index is 8.91. The van der Waals surface area contributed by atoms with Crippen LogP contribution in [0.4, 0.5) is 0 Å². The van der Waals surface area contributed by atoms with E-state index in [9.17, 15) is 0 Å². The first-order chi connectivity index (χ1) is 8.19. The number of hydrogen-bond acceptors (Lipinski definition) is 3. The van der Waals surface area contributed by atoms with Gasteiger partial charge in [-0.05, 0) is 37.1 Å². The van der Waals surface area contributed by atoms with Gasteiger partial charge in [0.1, 0.15) is 5.75 Å². The lowest BCUT2D eigenvalue weighted by Gasteiger charge is -2.08. The highest BCUT2D eigenvalue weighted by Gasteiger charge is 2.02. The van der Waals surface area contributed by atoms with Crippen molar-refractivity contribution in [3.63, 3.8) is 0 Å². The molecule has 0 saturated heterocycles. The molecule has 0 amide bonds. The smallest absolute Gasteiger partial charge is 0.219 e. The molecule has 2 aromatic rings. The molecule has 88 valence electrons. The average molecular weight is 229 g/mol. The van der Waals surface area contributed by atoms with Crippen molar-refractivity contribution in [2.75, 3.05) is 0 Å². The molecule has 0 aliphatic heterocycles. The summed E-state index contributed by atoms with van der Waals surface area (Å²) in [6.45, 7) is 4.05. The van der Waals surface area contributed by atoms with Gasteiger partial charge in [-0.2, -0.15) is 0 Å². The first-order valence-electron chi connectivity index (χ1n) is 5.50. The quantitative estimate of drug-likeness (QED) is 0.879. The minimum Gasteiger partial charge on any atom is -0.439 e. The van der Waals surface area contributed by atoms with Gasteiger partial charge in [0.05, 0.1) is 6.61 Å². The van der Waals surface area contributed by atoms with E-state index >= 15 is 0 Å². The molecule has 0 aliphatic rings. The zero-order valence-electron chi connectivity index (χ0n) is 9.97. The Kier molecular flexibility index (Phi) is 3.40. The van der Waals surface area contributed by atoms with Gasteiger partial charge in [0.2, 0.25) is 5.88 Å². The van der Waals surface area contributed by atoms with E-state index in [1.54, 1.807) is 18.3 Å². The molecule has 3 nitrogen and oxygen atoms in total. The molecule has 3 heteroatoms. The summed E-state index contributed by atoms with van der Waals surface area (Å²) in [7, 11) is 0. The molecule has 2 rings (SSSR count). The fourth-order valence-electron chi connectivity index (χ4n) is 1.59. The Morgan fingerprint density at radius 2 is 2.00 bits per heavy atom. The van der Waals surface area contributed by atoms with Crippen molar-refractivity contribution in [1.82, 2.24) is 4.98 Å². The molecule has 0 aliphatic carbocycles. The van der Waals surface area contributed by atoms with E-state index in [0.29, 0.717) is 5.88 Å². The standard InChI is InChI=1S/C14H15NO2/c1-10-3-5-13(11(2)7-10)17-14-6-4-12(9-16)8-15-14/h3-8,16H,9H2,1-2H3. The number of benzene rings is 1. The average Bonchev–Trinajstić information content (AvgIpc) is 2.34. The van der Waals surface area contributed by atoms with E-state index in [-0.39, 0.29) is 6.61 Å². The third-order valence-corrected chi connectivity index (χ3v) is 2.53. The number of aryl methyl sites for hydroxylation is 2. The van der Waals surface area contributed by atoms with Crippen LogP contribution in [0.15, 0.2) is 36.5 Å². The Morgan fingerprint density at radius 3 is 2.59 bits per heavy atom. The van der Waals surface area contributed by atoms with Crippen LogP contribution in [-0.4, -0.2) is 10.1 Å². The molecular formula is C14H15NO2. The maximum Gasteiger partial charge on any atom is 0.219 e. The number of rotatable bonds is 3. The van der Waals surface area contributed by atoms with E-state index in [2.05, 4.69) is 11.1 Å². The Labute approximate surface area is 101 Å². The third-order valence-electron chi connectivity index (χ3n) is 2.53. The maximum atomic E-state index is 8.91. The minimum atomic E-state index is -0.00314. The molecule has 1 aromatic heterocycles. The predicted molar refractivity (Wildman–Crippen MR) is 66.1 cm³/mol. The van der Waals surface area contributed by atoms with Gasteiger partial charge >= 0.3 is 0 Å². The molecule has 0 fully saturated rings. The molecule has 0 bridgehead atoms. The van der Waals surface area contributed by atoms with E-state index in [1.165, 1.54) is 5.56 Å². The largest absolute Gasteiger partial charge is 0.439 e. The summed E-state index contributed by atoms with van der Waals surface area (Å²) in [6.07, 6.45) is 1.61. The van der Waals surface area contributed by atoms with Crippen LogP contribution >= 0.6 is 0 Å². The Morgan fingerprint density at radius 1 is 1.18 bits per heavy atom. The van der Waals surface area contributed by atoms with Crippen LogP contribution in [0.3, 0.4) is 0 Å². The summed E-state index contributed by atoms with van der Waals surface area (Å²) in [4.78, 5) is 4.13. The summed E-state index contributed by atoms with van der Waals surface area (Å²) in [5.74, 6) is 1.34. The van der Waals surface area contributed by atoms with Gasteiger partial charge in [0.15, 0.2) is 0 Å². The fraction of sp³-hybridized carbons (Fsp3) is 0.214. The van der Waals surface area contributed by atoms with Crippen molar-refractivity contribution in [3.05, 3.63) is 53.2 Å². The Balaban J connectivity index is 2.19. The Hall–Kier alpha value is -1.87. The fourth-order valence-corrected chi connectivity index (χ4v) is 1.59. The zero-order valence-corrected chi connectivity index (χ0v) is 9.97. The molecule has 1 aromatic carbocycles. The zero-order chi connectivity index (χ0) is 12.3. The molecule has 0 spiro atoms. The first-order valence-corrected chi connectivity index (χ1v) is 5.50. The Bertz CT molecular complexity index is 506. The number of ether oxygens (including phenoxy) is 1. The van der Waals surface area contributed by atoms with Gasteiger partial charge in [-0.25, -0.2) is 4.98 Å². The third kappa shape index (κ3) is 2.82. The van der Waals surface area contributed by atoms with Crippen LogP contribution in [0.5, 0.6) is 11.6 Å². The van der Waals surface area contributed by atoms with E-state index in [0.717, 1.165) is 16.9 Å². The summed E-state index contributed by atoms with van der Waals surface area (Å²) >= 11 is 0. The van der Waals surface area contributed by atoms with Crippen LogP contribution in [0.25, 0.3) is 0 Å². The second kappa shape index (κ2) is 4.97. The van der Waals surface area contributed by atoms with E-state index in [1.807, 2.05) is 26.0 Å². The highest BCUT2D eigenvalue weighted by molar-refractivity contribution is 5.38. The van der Waals surface area contributed by atoms with Crippen LogP contribution in [0.1, 0.15) is 16.7 Å². The summed E-state index contributed by atoms with van der Waals surface area (Å²) in [6, 6.07) is 9.56. The number of hydrogen-bond donors (Lipinski definition) is 1. The number of pyridine rings is 1. The highest BCUT2D eigenvalue weighted by Crippen LogP contribution is 2.24. The lowest BCUT2D eigenvalue weighted by atomic mass is 10.1. The van der Waals surface area contributed by atoms with E-state index in [4.69, 9.17) is 9.84 Å². The molecule has 0 atom stereocenters. The second-order valence-corrected chi connectivity index (χ2v) is 4.03. The minimum absolute atomic E-state index is 0.00314. The summed E-state index contributed by atoms with van der Waals surface area (Å²) in [5, 5.41) is 8.91. The monoisotopic (exact) mass is 229 g/mol. The van der Waals surface area contributed by atoms with Crippen LogP contribution in [0, 0.1) is 13.8 Å². The van der Waals surface area contributed by atoms with Gasteiger partial charge in [-0.15, -0.1) is 0 Å². The summed E-state index contributed by atoms with van der Waals surface area (Å²) < 4.78 is 5.67. The molecule has 1 N–H and O–H groups in total. The molecule has 0 unspecified atom stereocenters. The van der Waals surface area contributed by atoms with Crippen molar-refractivity contribution >= 4 is 0 Å². The van der Waals surface area contributed by atoms with Crippen molar-refractivity contribution in [2.24, 2.45) is 0 Å². The number of aromatic nitrogens is 1. The van der Waals surface area contributed by atoms with Crippen molar-refractivity contribution in [3.8, 4) is 11.6 Å². The molecule has 0 saturated carbocycles. The van der Waals surface area contributed by atoms with Crippen LogP contribution < -0.4 is 4.74 Å². The van der Waals surface area contributed by atoms with Gasteiger partial charge in [0.25, 0.3) is 0 Å². The van der Waals surface area contributed by atoms with Gasteiger partial charge in [-0.1, -0.05) is 17.7 Å². The highest BCUT2D eigenvalue weighted by atomic mass is 16.5. The molecule has 0 radical (unpaired) electrons. The van der Waals surface area contributed by atoms with Gasteiger partial charge < -0.3 is 9.84 Å². The normalized spacial score (nSPS) is 10.3. The van der Waals surface area contributed by atoms with Crippen LogP contribution in [-0.2, 0) is 6.61 Å². The predicted octanol–water partition coefficient (Wildman–Crippen LogP) is 2.98. The van der Waals surface area contributed by atoms with Crippen molar-refractivity contribution in [1.29, 1.82) is 0 Å². The van der Waals surface area contributed by atoms with Gasteiger partial charge in [0, 0.05) is 12.3 Å². The van der Waals surface area contributed by atoms with Crippen molar-refractivity contribution in [2.45, 2.75) is 20.5 Å². The van der Waals surface area contributed by atoms with Crippen molar-refractivity contribution < 1.29 is 9.84 Å². The number of aliphatic hydroxyl groups excluding tert-OH is 1. The topological polar surface area (TPSA) is 42.4 Å². The SMILES string of the molecule is Cc1ccc(Oc2ccc(CO)cn2)c(C)c1. The molecule has 1 heterocycles. The second-order valence-electron chi connectivity index (χ2n) is 4.03. The lowest BCUT2D eigenvalue weighted by Crippen LogP contribution is -1.92.